The van der Waals surface area contributed by atoms with Crippen LogP contribution < -0.4 is 9.64 Å². The summed E-state index contributed by atoms with van der Waals surface area (Å²) in [7, 11) is 1.72. The summed E-state index contributed by atoms with van der Waals surface area (Å²) < 4.78 is 32.2. The van der Waals surface area contributed by atoms with Crippen LogP contribution in [0.25, 0.3) is 0 Å². The maximum absolute atomic E-state index is 13.2. The minimum absolute atomic E-state index is 0.218. The van der Waals surface area contributed by atoms with Crippen molar-refractivity contribution in [2.75, 3.05) is 31.6 Å². The van der Waals surface area contributed by atoms with Gasteiger partial charge in [0.25, 0.3) is 11.8 Å². The van der Waals surface area contributed by atoms with Crippen LogP contribution in [-0.2, 0) is 0 Å². The molecule has 0 spiro atoms. The van der Waals surface area contributed by atoms with Crippen LogP contribution in [0.3, 0.4) is 0 Å². The molecule has 1 aromatic heterocycles. The highest BCUT2D eigenvalue weighted by Gasteiger charge is 2.45. The molecule has 0 aromatic carbocycles. The summed E-state index contributed by atoms with van der Waals surface area (Å²) in [4.78, 5) is 20.1. The van der Waals surface area contributed by atoms with E-state index < -0.39 is 5.92 Å². The summed E-state index contributed by atoms with van der Waals surface area (Å²) in [5, 5.41) is 0. The van der Waals surface area contributed by atoms with E-state index in [-0.39, 0.29) is 36.1 Å². The zero-order valence-corrected chi connectivity index (χ0v) is 15.2. The number of aromatic nitrogens is 1. The van der Waals surface area contributed by atoms with E-state index in [1.54, 1.807) is 24.1 Å². The zero-order valence-electron chi connectivity index (χ0n) is 15.2. The fourth-order valence-corrected chi connectivity index (χ4v) is 2.54. The lowest BCUT2D eigenvalue weighted by Crippen LogP contribution is -2.56. The topological polar surface area (TPSA) is 45.7 Å². The first-order valence-corrected chi connectivity index (χ1v) is 8.62. The molecule has 0 unspecified atom stereocenters. The molecule has 1 saturated carbocycles. The van der Waals surface area contributed by atoms with Gasteiger partial charge >= 0.3 is 0 Å². The first-order valence-electron chi connectivity index (χ1n) is 8.62. The van der Waals surface area contributed by atoms with E-state index in [9.17, 15) is 13.6 Å². The van der Waals surface area contributed by atoms with Gasteiger partial charge in [-0.2, -0.15) is 0 Å². The molecule has 0 N–H and O–H groups in total. The molecule has 7 heteroatoms. The highest BCUT2D eigenvalue weighted by atomic mass is 19.3. The van der Waals surface area contributed by atoms with E-state index in [1.165, 1.54) is 4.90 Å². The van der Waals surface area contributed by atoms with Gasteiger partial charge in [-0.3, -0.25) is 4.79 Å². The van der Waals surface area contributed by atoms with Gasteiger partial charge in [0.2, 0.25) is 5.88 Å². The molecule has 0 bridgehead atoms. The molecule has 0 radical (unpaired) electrons. The molecule has 2 aliphatic rings. The lowest BCUT2D eigenvalue weighted by Gasteiger charge is -2.40. The molecular formula is C18H25F2N3O2. The molecule has 1 amide bonds. The average Bonchev–Trinajstić information content (AvgIpc) is 3.32. The van der Waals surface area contributed by atoms with Crippen molar-refractivity contribution in [3.63, 3.8) is 0 Å². The molecule has 1 aliphatic carbocycles. The highest BCUT2D eigenvalue weighted by molar-refractivity contribution is 5.93. The van der Waals surface area contributed by atoms with Crippen LogP contribution in [0.2, 0.25) is 0 Å². The van der Waals surface area contributed by atoms with Crippen LogP contribution >= 0.6 is 0 Å². The third-order valence-corrected chi connectivity index (χ3v) is 4.71. The molecule has 1 aliphatic heterocycles. The fourth-order valence-electron chi connectivity index (χ4n) is 2.54. The van der Waals surface area contributed by atoms with Gasteiger partial charge in [-0.1, -0.05) is 0 Å². The number of halogens is 2. The average molecular weight is 353 g/mol. The quantitative estimate of drug-likeness (QED) is 0.816. The van der Waals surface area contributed by atoms with Crippen LogP contribution in [0.15, 0.2) is 12.1 Å². The summed E-state index contributed by atoms with van der Waals surface area (Å²) in [6.07, 6.45) is 2.23. The number of anilines is 1. The second-order valence-corrected chi connectivity index (χ2v) is 8.02. The van der Waals surface area contributed by atoms with E-state index in [2.05, 4.69) is 4.98 Å². The van der Waals surface area contributed by atoms with Crippen molar-refractivity contribution in [1.82, 2.24) is 9.88 Å². The van der Waals surface area contributed by atoms with Gasteiger partial charge in [0.1, 0.15) is 11.4 Å². The van der Waals surface area contributed by atoms with E-state index in [1.807, 2.05) is 20.8 Å². The van der Waals surface area contributed by atoms with Gasteiger partial charge in [0.05, 0.1) is 19.7 Å². The monoisotopic (exact) mass is 353 g/mol. The standard InChI is InChI=1S/C18H25F2N3O2/c1-17(2,3)22(4)16(24)13-7-8-14(23-10-18(19,20)11-23)15(21-13)25-9-12-5-6-12/h7-8,12H,5-6,9-11H2,1-4H3. The summed E-state index contributed by atoms with van der Waals surface area (Å²) in [5.74, 6) is -2.11. The zero-order chi connectivity index (χ0) is 18.4. The third kappa shape index (κ3) is 4.02. The van der Waals surface area contributed by atoms with Crippen LogP contribution in [0.5, 0.6) is 5.88 Å². The van der Waals surface area contributed by atoms with Gasteiger partial charge in [-0.25, -0.2) is 13.8 Å². The normalized spacial score (nSPS) is 19.4. The largest absolute Gasteiger partial charge is 0.476 e. The van der Waals surface area contributed by atoms with Crippen molar-refractivity contribution >= 4 is 11.6 Å². The smallest absolute Gasteiger partial charge is 0.282 e. The van der Waals surface area contributed by atoms with Crippen molar-refractivity contribution in [1.29, 1.82) is 0 Å². The molecule has 2 fully saturated rings. The summed E-state index contributed by atoms with van der Waals surface area (Å²) in [5.41, 5.74) is 0.451. The van der Waals surface area contributed by atoms with Crippen molar-refractivity contribution in [3.8, 4) is 5.88 Å². The molecule has 1 aromatic rings. The van der Waals surface area contributed by atoms with Gasteiger partial charge in [0, 0.05) is 12.6 Å². The summed E-state index contributed by atoms with van der Waals surface area (Å²) in [6, 6.07) is 3.24. The summed E-state index contributed by atoms with van der Waals surface area (Å²) >= 11 is 0. The van der Waals surface area contributed by atoms with Crippen molar-refractivity contribution in [3.05, 3.63) is 17.8 Å². The van der Waals surface area contributed by atoms with Crippen molar-refractivity contribution in [2.45, 2.75) is 45.1 Å². The van der Waals surface area contributed by atoms with Crippen LogP contribution in [-0.4, -0.2) is 54.0 Å². The molecule has 138 valence electrons. The second kappa shape index (κ2) is 6.11. The Morgan fingerprint density at radius 2 is 2.00 bits per heavy atom. The summed E-state index contributed by atoms with van der Waals surface area (Å²) in [6.45, 7) is 5.63. The molecule has 3 rings (SSSR count). The van der Waals surface area contributed by atoms with Gasteiger partial charge in [0.15, 0.2) is 0 Å². The first kappa shape index (κ1) is 17.9. The Balaban J connectivity index is 1.83. The molecular weight excluding hydrogens is 328 g/mol. The predicted octanol–water partition coefficient (Wildman–Crippen LogP) is 3.20. The fraction of sp³-hybridized carbons (Fsp3) is 0.667. The number of ether oxygens (including phenoxy) is 1. The third-order valence-electron chi connectivity index (χ3n) is 4.71. The Bertz CT molecular complexity index is 661. The Labute approximate surface area is 147 Å². The highest BCUT2D eigenvalue weighted by Crippen LogP contribution is 2.38. The van der Waals surface area contributed by atoms with Crippen LogP contribution in [0, 0.1) is 5.92 Å². The second-order valence-electron chi connectivity index (χ2n) is 8.02. The molecule has 1 saturated heterocycles. The van der Waals surface area contributed by atoms with Crippen molar-refractivity contribution < 1.29 is 18.3 Å². The lowest BCUT2D eigenvalue weighted by atomic mass is 10.1. The van der Waals surface area contributed by atoms with E-state index >= 15 is 0 Å². The SMILES string of the molecule is CN(C(=O)c1ccc(N2CC(F)(F)C2)c(OCC2CC2)n1)C(C)(C)C. The number of nitrogens with zero attached hydrogens (tertiary/aromatic N) is 3. The van der Waals surface area contributed by atoms with Crippen LogP contribution in [0.4, 0.5) is 14.5 Å². The number of alkyl halides is 2. The molecule has 0 atom stereocenters. The van der Waals surface area contributed by atoms with Gasteiger partial charge in [-0.15, -0.1) is 0 Å². The number of carbonyl (C=O) groups excluding carboxylic acids is 1. The molecule has 2 heterocycles. The maximum Gasteiger partial charge on any atom is 0.282 e. The number of rotatable bonds is 5. The van der Waals surface area contributed by atoms with Gasteiger partial charge in [-0.05, 0) is 51.7 Å². The number of amides is 1. The van der Waals surface area contributed by atoms with Crippen LogP contribution in [0.1, 0.15) is 44.1 Å². The number of pyridine rings is 1. The van der Waals surface area contributed by atoms with Crippen molar-refractivity contribution in [2.24, 2.45) is 5.92 Å². The number of hydrogen-bond donors (Lipinski definition) is 0. The Morgan fingerprint density at radius 1 is 1.36 bits per heavy atom. The van der Waals surface area contributed by atoms with E-state index in [0.717, 1.165) is 12.8 Å². The van der Waals surface area contributed by atoms with E-state index in [4.69, 9.17) is 4.74 Å². The van der Waals surface area contributed by atoms with Gasteiger partial charge < -0.3 is 14.5 Å². The minimum atomic E-state index is -2.67. The first-order chi connectivity index (χ1) is 11.6. The minimum Gasteiger partial charge on any atom is -0.476 e. The Kier molecular flexibility index (Phi) is 4.37. The lowest BCUT2D eigenvalue weighted by molar-refractivity contribution is -0.0265. The molecule has 5 nitrogen and oxygen atoms in total. The maximum atomic E-state index is 13.2. The number of hydrogen-bond acceptors (Lipinski definition) is 4. The molecule has 25 heavy (non-hydrogen) atoms. The number of carbonyl (C=O) groups is 1. The predicted molar refractivity (Wildman–Crippen MR) is 91.5 cm³/mol. The Hall–Kier alpha value is -1.92. The Morgan fingerprint density at radius 3 is 2.52 bits per heavy atom. The van der Waals surface area contributed by atoms with E-state index in [0.29, 0.717) is 18.2 Å².